The van der Waals surface area contributed by atoms with Crippen LogP contribution in [0.1, 0.15) is 46.0 Å². The highest BCUT2D eigenvalue weighted by atomic mass is 16.3. The number of Topliss-reactive ketones (excluding diaryl/α,β-unsaturated/α-hetero) is 1. The van der Waals surface area contributed by atoms with Crippen LogP contribution in [0.5, 0.6) is 0 Å². The summed E-state index contributed by atoms with van der Waals surface area (Å²) in [5.41, 5.74) is 0. The summed E-state index contributed by atoms with van der Waals surface area (Å²) < 4.78 is 0. The van der Waals surface area contributed by atoms with Crippen LogP contribution in [-0.2, 0) is 9.59 Å². The first-order valence-electron chi connectivity index (χ1n) is 6.47. The van der Waals surface area contributed by atoms with E-state index in [9.17, 15) is 14.7 Å². The Morgan fingerprint density at radius 2 is 2.12 bits per heavy atom. The van der Waals surface area contributed by atoms with Gasteiger partial charge >= 0.3 is 0 Å². The third-order valence-electron chi connectivity index (χ3n) is 3.49. The van der Waals surface area contributed by atoms with Crippen LogP contribution in [0.25, 0.3) is 0 Å². The quantitative estimate of drug-likeness (QED) is 0.714. The zero-order valence-corrected chi connectivity index (χ0v) is 10.8. The first-order chi connectivity index (χ1) is 8.00. The number of carbonyl (C=O) groups is 2. The molecule has 1 N–H and O–H groups in total. The van der Waals surface area contributed by atoms with Crippen LogP contribution in [0.2, 0.25) is 0 Å². The van der Waals surface area contributed by atoms with Crippen LogP contribution >= 0.6 is 0 Å². The molecule has 17 heavy (non-hydrogen) atoms. The molecule has 0 spiro atoms. The molecule has 1 fully saturated rings. The number of rotatable bonds is 6. The SMILES string of the molecule is CC(=O)C(C)CCCCC(=O)N1CC[C@H](O)C1. The molecule has 0 radical (unpaired) electrons. The number of likely N-dealkylation sites (tertiary alicyclic amines) is 1. The van der Waals surface area contributed by atoms with Crippen molar-refractivity contribution in [2.75, 3.05) is 13.1 Å². The number of hydrogen-bond acceptors (Lipinski definition) is 3. The molecule has 4 heteroatoms. The maximum absolute atomic E-state index is 11.7. The van der Waals surface area contributed by atoms with Gasteiger partial charge in [0.05, 0.1) is 6.10 Å². The summed E-state index contributed by atoms with van der Waals surface area (Å²) in [5, 5.41) is 9.32. The first kappa shape index (κ1) is 14.2. The number of hydrogen-bond donors (Lipinski definition) is 1. The van der Waals surface area contributed by atoms with E-state index in [1.165, 1.54) is 0 Å². The Kier molecular flexibility index (Phi) is 5.62. The fraction of sp³-hybridized carbons (Fsp3) is 0.846. The molecule has 2 atom stereocenters. The molecule has 0 aromatic carbocycles. The van der Waals surface area contributed by atoms with Crippen LogP contribution in [0.4, 0.5) is 0 Å². The Labute approximate surface area is 103 Å². The normalized spacial score (nSPS) is 21.6. The second-order valence-corrected chi connectivity index (χ2v) is 5.04. The van der Waals surface area contributed by atoms with Crippen LogP contribution in [-0.4, -0.2) is 40.9 Å². The highest BCUT2D eigenvalue weighted by molar-refractivity contribution is 5.78. The van der Waals surface area contributed by atoms with Crippen molar-refractivity contribution in [2.45, 2.75) is 52.1 Å². The second kappa shape index (κ2) is 6.74. The van der Waals surface area contributed by atoms with E-state index in [4.69, 9.17) is 0 Å². The molecule has 0 saturated carbocycles. The lowest BCUT2D eigenvalue weighted by molar-refractivity contribution is -0.130. The third kappa shape index (κ3) is 4.86. The fourth-order valence-corrected chi connectivity index (χ4v) is 2.06. The standard InChI is InChI=1S/C13H23NO3/c1-10(11(2)15)5-3-4-6-13(17)14-8-7-12(16)9-14/h10,12,16H,3-9H2,1-2H3/t10?,12-/m0/s1. The van der Waals surface area contributed by atoms with Crippen molar-refractivity contribution in [3.8, 4) is 0 Å². The highest BCUT2D eigenvalue weighted by Crippen LogP contribution is 2.14. The Morgan fingerprint density at radius 3 is 2.65 bits per heavy atom. The van der Waals surface area contributed by atoms with Crippen LogP contribution in [0, 0.1) is 5.92 Å². The fourth-order valence-electron chi connectivity index (χ4n) is 2.06. The molecule has 1 saturated heterocycles. The van der Waals surface area contributed by atoms with E-state index in [1.807, 2.05) is 6.92 Å². The van der Waals surface area contributed by atoms with Crippen molar-refractivity contribution in [3.63, 3.8) is 0 Å². The highest BCUT2D eigenvalue weighted by Gasteiger charge is 2.23. The zero-order chi connectivity index (χ0) is 12.8. The van der Waals surface area contributed by atoms with E-state index in [1.54, 1.807) is 11.8 Å². The summed E-state index contributed by atoms with van der Waals surface area (Å²) in [6.45, 7) is 4.72. The van der Waals surface area contributed by atoms with E-state index >= 15 is 0 Å². The number of β-amino-alcohol motifs (C(OH)–C–C–N with tert-alkyl or cyclic N) is 1. The maximum atomic E-state index is 11.7. The molecule has 1 rings (SSSR count). The molecule has 0 aromatic rings. The van der Waals surface area contributed by atoms with Gasteiger partial charge in [0.15, 0.2) is 0 Å². The lowest BCUT2D eigenvalue weighted by Crippen LogP contribution is -2.29. The molecular weight excluding hydrogens is 218 g/mol. The molecule has 1 unspecified atom stereocenters. The molecular formula is C13H23NO3. The average molecular weight is 241 g/mol. The van der Waals surface area contributed by atoms with E-state index in [0.29, 0.717) is 25.9 Å². The van der Waals surface area contributed by atoms with Gasteiger partial charge in [0, 0.05) is 25.4 Å². The zero-order valence-electron chi connectivity index (χ0n) is 10.8. The lowest BCUT2D eigenvalue weighted by Gasteiger charge is -2.15. The average Bonchev–Trinajstić information content (AvgIpc) is 2.70. The molecule has 1 aliphatic heterocycles. The second-order valence-electron chi connectivity index (χ2n) is 5.04. The molecule has 0 bridgehead atoms. The van der Waals surface area contributed by atoms with E-state index in [-0.39, 0.29) is 23.7 Å². The minimum Gasteiger partial charge on any atom is -0.391 e. The van der Waals surface area contributed by atoms with Crippen LogP contribution in [0.15, 0.2) is 0 Å². The van der Waals surface area contributed by atoms with Crippen molar-refractivity contribution in [1.82, 2.24) is 4.90 Å². The smallest absolute Gasteiger partial charge is 0.222 e. The summed E-state index contributed by atoms with van der Waals surface area (Å²) >= 11 is 0. The van der Waals surface area contributed by atoms with Crippen molar-refractivity contribution in [1.29, 1.82) is 0 Å². The van der Waals surface area contributed by atoms with Crippen molar-refractivity contribution >= 4 is 11.7 Å². The third-order valence-corrected chi connectivity index (χ3v) is 3.49. The van der Waals surface area contributed by atoms with Gasteiger partial charge in [0.25, 0.3) is 0 Å². The Hall–Kier alpha value is -0.900. The summed E-state index contributed by atoms with van der Waals surface area (Å²) in [6, 6.07) is 0. The van der Waals surface area contributed by atoms with Gasteiger partial charge in [-0.25, -0.2) is 0 Å². The van der Waals surface area contributed by atoms with E-state index in [2.05, 4.69) is 0 Å². The molecule has 1 heterocycles. The minimum absolute atomic E-state index is 0.110. The van der Waals surface area contributed by atoms with E-state index < -0.39 is 0 Å². The van der Waals surface area contributed by atoms with Gasteiger partial charge in [0.2, 0.25) is 5.91 Å². The molecule has 4 nitrogen and oxygen atoms in total. The Morgan fingerprint density at radius 1 is 1.41 bits per heavy atom. The molecule has 98 valence electrons. The van der Waals surface area contributed by atoms with Crippen molar-refractivity contribution < 1.29 is 14.7 Å². The summed E-state index contributed by atoms with van der Waals surface area (Å²) in [5.74, 6) is 0.467. The lowest BCUT2D eigenvalue weighted by atomic mass is 10.00. The van der Waals surface area contributed by atoms with Gasteiger partial charge in [-0.15, -0.1) is 0 Å². The van der Waals surface area contributed by atoms with Crippen LogP contribution in [0.3, 0.4) is 0 Å². The molecule has 1 amide bonds. The molecule has 1 aliphatic rings. The van der Waals surface area contributed by atoms with Gasteiger partial charge in [-0.1, -0.05) is 13.3 Å². The number of amides is 1. The van der Waals surface area contributed by atoms with Gasteiger partial charge in [0.1, 0.15) is 5.78 Å². The number of carbonyl (C=O) groups excluding carboxylic acids is 2. The summed E-state index contributed by atoms with van der Waals surface area (Å²) in [6.07, 6.45) is 3.53. The minimum atomic E-state index is -0.336. The monoisotopic (exact) mass is 241 g/mol. The molecule has 0 aliphatic carbocycles. The number of unbranched alkanes of at least 4 members (excludes halogenated alkanes) is 1. The number of aliphatic hydroxyl groups excluding tert-OH is 1. The largest absolute Gasteiger partial charge is 0.391 e. The van der Waals surface area contributed by atoms with Gasteiger partial charge < -0.3 is 10.0 Å². The van der Waals surface area contributed by atoms with Gasteiger partial charge in [-0.05, 0) is 26.2 Å². The Bertz CT molecular complexity index is 278. The maximum Gasteiger partial charge on any atom is 0.222 e. The summed E-state index contributed by atoms with van der Waals surface area (Å²) in [4.78, 5) is 24.5. The van der Waals surface area contributed by atoms with Gasteiger partial charge in [-0.2, -0.15) is 0 Å². The number of nitrogens with zero attached hydrogens (tertiary/aromatic N) is 1. The molecule has 0 aromatic heterocycles. The number of ketones is 1. The van der Waals surface area contributed by atoms with E-state index in [0.717, 1.165) is 19.3 Å². The predicted molar refractivity (Wildman–Crippen MR) is 65.5 cm³/mol. The van der Waals surface area contributed by atoms with Crippen molar-refractivity contribution in [3.05, 3.63) is 0 Å². The predicted octanol–water partition coefficient (Wildman–Crippen LogP) is 1.37. The number of aliphatic hydroxyl groups is 1. The summed E-state index contributed by atoms with van der Waals surface area (Å²) in [7, 11) is 0. The topological polar surface area (TPSA) is 57.6 Å². The van der Waals surface area contributed by atoms with Gasteiger partial charge in [-0.3, -0.25) is 9.59 Å². The Balaban J connectivity index is 2.10. The first-order valence-corrected chi connectivity index (χ1v) is 6.47. The van der Waals surface area contributed by atoms with Crippen LogP contribution < -0.4 is 0 Å². The van der Waals surface area contributed by atoms with Crippen molar-refractivity contribution in [2.24, 2.45) is 5.92 Å².